The summed E-state index contributed by atoms with van der Waals surface area (Å²) in [5, 5.41) is 11.8. The van der Waals surface area contributed by atoms with E-state index in [9.17, 15) is 9.59 Å². The molecule has 0 aliphatic carbocycles. The van der Waals surface area contributed by atoms with Crippen molar-refractivity contribution in [2.75, 3.05) is 26.2 Å². The number of likely N-dealkylation sites (tertiary alicyclic amines) is 1. The highest BCUT2D eigenvalue weighted by atomic mass is 16.6. The van der Waals surface area contributed by atoms with Gasteiger partial charge in [0.25, 0.3) is 0 Å². The number of carboxylic acid groups (broad SMARTS) is 1. The third-order valence-electron chi connectivity index (χ3n) is 2.96. The van der Waals surface area contributed by atoms with Crippen molar-refractivity contribution in [3.8, 4) is 0 Å². The molecule has 1 aliphatic heterocycles. The van der Waals surface area contributed by atoms with Gasteiger partial charge in [-0.2, -0.15) is 0 Å². The van der Waals surface area contributed by atoms with Crippen LogP contribution in [0.15, 0.2) is 0 Å². The van der Waals surface area contributed by atoms with Gasteiger partial charge in [-0.15, -0.1) is 0 Å². The van der Waals surface area contributed by atoms with Gasteiger partial charge in [-0.05, 0) is 19.8 Å². The van der Waals surface area contributed by atoms with E-state index in [-0.39, 0.29) is 18.7 Å². The molecule has 0 spiro atoms. The lowest BCUT2D eigenvalue weighted by Gasteiger charge is -2.32. The van der Waals surface area contributed by atoms with Gasteiger partial charge in [0.1, 0.15) is 6.04 Å². The molecule has 0 aromatic heterocycles. The molecule has 0 saturated carbocycles. The van der Waals surface area contributed by atoms with Crippen LogP contribution < -0.4 is 11.1 Å². The summed E-state index contributed by atoms with van der Waals surface area (Å²) in [6, 6.07) is -0.672. The fourth-order valence-corrected chi connectivity index (χ4v) is 1.86. The maximum Gasteiger partial charge on any atom is 0.409 e. The summed E-state index contributed by atoms with van der Waals surface area (Å²) in [7, 11) is 0. The van der Waals surface area contributed by atoms with Gasteiger partial charge in [-0.1, -0.05) is 0 Å². The maximum absolute atomic E-state index is 11.4. The SMILES string of the molecule is CCOC(=O)N1CCC(NCC(N)C(=O)O)CC1. The predicted molar refractivity (Wildman–Crippen MR) is 65.2 cm³/mol. The number of ether oxygens (including phenoxy) is 1. The Morgan fingerprint density at radius 3 is 2.61 bits per heavy atom. The Morgan fingerprint density at radius 2 is 2.11 bits per heavy atom. The third-order valence-corrected chi connectivity index (χ3v) is 2.96. The Morgan fingerprint density at radius 1 is 1.50 bits per heavy atom. The Hall–Kier alpha value is -1.34. The van der Waals surface area contributed by atoms with Gasteiger partial charge in [0, 0.05) is 25.7 Å². The van der Waals surface area contributed by atoms with Crippen molar-refractivity contribution in [2.45, 2.75) is 31.8 Å². The van der Waals surface area contributed by atoms with E-state index in [1.165, 1.54) is 0 Å². The highest BCUT2D eigenvalue weighted by molar-refractivity contribution is 5.73. The monoisotopic (exact) mass is 259 g/mol. The molecule has 7 heteroatoms. The number of rotatable bonds is 5. The minimum atomic E-state index is -1.01. The van der Waals surface area contributed by atoms with Gasteiger partial charge in [-0.3, -0.25) is 4.79 Å². The summed E-state index contributed by atoms with van der Waals surface area (Å²) in [5.41, 5.74) is 5.40. The van der Waals surface area contributed by atoms with Crippen molar-refractivity contribution < 1.29 is 19.4 Å². The van der Waals surface area contributed by atoms with Crippen molar-refractivity contribution in [1.82, 2.24) is 10.2 Å². The molecule has 7 nitrogen and oxygen atoms in total. The number of carbonyl (C=O) groups is 2. The van der Waals surface area contributed by atoms with Crippen molar-refractivity contribution in [2.24, 2.45) is 5.73 Å². The molecule has 1 heterocycles. The van der Waals surface area contributed by atoms with Gasteiger partial charge in [0.2, 0.25) is 0 Å². The van der Waals surface area contributed by atoms with E-state index < -0.39 is 12.0 Å². The molecule has 0 aromatic carbocycles. The third kappa shape index (κ3) is 4.50. The van der Waals surface area contributed by atoms with Crippen LogP contribution in [0.1, 0.15) is 19.8 Å². The molecule has 1 fully saturated rings. The average molecular weight is 259 g/mol. The zero-order valence-electron chi connectivity index (χ0n) is 10.6. The topological polar surface area (TPSA) is 105 Å². The van der Waals surface area contributed by atoms with Gasteiger partial charge in [0.05, 0.1) is 6.61 Å². The Balaban J connectivity index is 2.23. The van der Waals surface area contributed by atoms with Crippen molar-refractivity contribution in [3.05, 3.63) is 0 Å². The Labute approximate surface area is 106 Å². The molecule has 18 heavy (non-hydrogen) atoms. The van der Waals surface area contributed by atoms with Crippen molar-refractivity contribution >= 4 is 12.1 Å². The predicted octanol–water partition coefficient (Wildman–Crippen LogP) is -0.391. The summed E-state index contributed by atoms with van der Waals surface area (Å²) in [6.07, 6.45) is 1.29. The van der Waals surface area contributed by atoms with Gasteiger partial charge in [0.15, 0.2) is 0 Å². The molecule has 1 saturated heterocycles. The lowest BCUT2D eigenvalue weighted by atomic mass is 10.1. The van der Waals surface area contributed by atoms with Crippen molar-refractivity contribution in [1.29, 1.82) is 0 Å². The standard InChI is InChI=1S/C11H21N3O4/c1-2-18-11(17)14-5-3-8(4-6-14)13-7-9(12)10(15)16/h8-9,13H,2-7,12H2,1H3,(H,15,16). The first-order valence-corrected chi connectivity index (χ1v) is 6.18. The average Bonchev–Trinajstić information content (AvgIpc) is 2.36. The van der Waals surface area contributed by atoms with Crippen LogP contribution in [0.2, 0.25) is 0 Å². The lowest BCUT2D eigenvalue weighted by Crippen LogP contribution is -2.49. The van der Waals surface area contributed by atoms with Crippen LogP contribution in [0.25, 0.3) is 0 Å². The molecular weight excluding hydrogens is 238 g/mol. The number of nitrogens with two attached hydrogens (primary N) is 1. The second kappa shape index (κ2) is 7.17. The van der Waals surface area contributed by atoms with E-state index in [2.05, 4.69) is 5.32 Å². The smallest absolute Gasteiger partial charge is 0.409 e. The zero-order chi connectivity index (χ0) is 13.5. The van der Waals surface area contributed by atoms with Crippen LogP contribution in [-0.4, -0.2) is 60.4 Å². The molecule has 1 aliphatic rings. The molecular formula is C11H21N3O4. The number of hydrogen-bond donors (Lipinski definition) is 3. The number of nitrogens with zero attached hydrogens (tertiary/aromatic N) is 1. The number of hydrogen-bond acceptors (Lipinski definition) is 5. The number of piperidine rings is 1. The fraction of sp³-hybridized carbons (Fsp3) is 0.818. The lowest BCUT2D eigenvalue weighted by molar-refractivity contribution is -0.138. The molecule has 1 unspecified atom stereocenters. The molecule has 0 bridgehead atoms. The molecule has 104 valence electrons. The molecule has 1 atom stereocenters. The molecule has 4 N–H and O–H groups in total. The highest BCUT2D eigenvalue weighted by Gasteiger charge is 2.24. The van der Waals surface area contributed by atoms with Crippen LogP contribution >= 0.6 is 0 Å². The van der Waals surface area contributed by atoms with Gasteiger partial charge in [-0.25, -0.2) is 4.79 Å². The first-order valence-electron chi connectivity index (χ1n) is 6.18. The molecule has 0 aromatic rings. The van der Waals surface area contributed by atoms with Gasteiger partial charge >= 0.3 is 12.1 Å². The van der Waals surface area contributed by atoms with E-state index in [0.29, 0.717) is 19.7 Å². The number of aliphatic carboxylic acids is 1. The normalized spacial score (nSPS) is 18.4. The summed E-state index contributed by atoms with van der Waals surface area (Å²) in [6.45, 7) is 3.65. The zero-order valence-corrected chi connectivity index (χ0v) is 10.6. The summed E-state index contributed by atoms with van der Waals surface area (Å²) in [5.74, 6) is -1.01. The van der Waals surface area contributed by atoms with E-state index in [1.54, 1.807) is 11.8 Å². The van der Waals surface area contributed by atoms with E-state index in [0.717, 1.165) is 12.8 Å². The minimum absolute atomic E-state index is 0.209. The van der Waals surface area contributed by atoms with Crippen LogP contribution in [0.4, 0.5) is 4.79 Å². The van der Waals surface area contributed by atoms with Crippen LogP contribution in [-0.2, 0) is 9.53 Å². The maximum atomic E-state index is 11.4. The minimum Gasteiger partial charge on any atom is -0.480 e. The quantitative estimate of drug-likeness (QED) is 0.621. The van der Waals surface area contributed by atoms with Gasteiger partial charge < -0.3 is 25.8 Å². The first-order chi connectivity index (χ1) is 8.54. The number of nitrogens with one attached hydrogen (secondary N) is 1. The van der Waals surface area contributed by atoms with Crippen LogP contribution in [0, 0.1) is 0 Å². The molecule has 1 amide bonds. The first kappa shape index (κ1) is 14.7. The number of carbonyl (C=O) groups excluding carboxylic acids is 1. The van der Waals surface area contributed by atoms with E-state index >= 15 is 0 Å². The summed E-state index contributed by atoms with van der Waals surface area (Å²) in [4.78, 5) is 23.7. The van der Waals surface area contributed by atoms with Crippen molar-refractivity contribution in [3.63, 3.8) is 0 Å². The number of carboxylic acids is 1. The van der Waals surface area contributed by atoms with Crippen LogP contribution in [0.3, 0.4) is 0 Å². The summed E-state index contributed by atoms with van der Waals surface area (Å²) < 4.78 is 4.92. The van der Waals surface area contributed by atoms with Crippen LogP contribution in [0.5, 0.6) is 0 Å². The Bertz CT molecular complexity index is 290. The fourth-order valence-electron chi connectivity index (χ4n) is 1.86. The summed E-state index contributed by atoms with van der Waals surface area (Å²) >= 11 is 0. The molecule has 1 rings (SSSR count). The second-order valence-corrected chi connectivity index (χ2v) is 4.31. The number of amides is 1. The largest absolute Gasteiger partial charge is 0.480 e. The highest BCUT2D eigenvalue weighted by Crippen LogP contribution is 2.11. The van der Waals surface area contributed by atoms with E-state index in [4.69, 9.17) is 15.6 Å². The van der Waals surface area contributed by atoms with E-state index in [1.807, 2.05) is 0 Å². The molecule has 0 radical (unpaired) electrons. The second-order valence-electron chi connectivity index (χ2n) is 4.31. The Kier molecular flexibility index (Phi) is 5.87.